The Morgan fingerprint density at radius 3 is 2.54 bits per heavy atom. The van der Waals surface area contributed by atoms with Crippen LogP contribution in [0.4, 0.5) is 0 Å². The van der Waals surface area contributed by atoms with Crippen molar-refractivity contribution in [1.29, 1.82) is 0 Å². The standard InChI is InChI=1S/C18H24N4O.ClH/c23-18-21(13-14-6-4-7-14)20-17(15-8-5-11-19-12-15)22(18)16-9-2-1-3-10-16;/h1-3,9-10,14-15,19H,4-8,11-13H2;1H. The smallest absolute Gasteiger partial charge is 0.316 e. The molecule has 2 aliphatic rings. The van der Waals surface area contributed by atoms with Gasteiger partial charge in [-0.1, -0.05) is 24.6 Å². The number of halogens is 1. The minimum absolute atomic E-state index is 0. The fourth-order valence-corrected chi connectivity index (χ4v) is 3.62. The van der Waals surface area contributed by atoms with Gasteiger partial charge in [0.2, 0.25) is 0 Å². The van der Waals surface area contributed by atoms with Crippen LogP contribution in [0.5, 0.6) is 0 Å². The van der Waals surface area contributed by atoms with E-state index in [1.807, 2.05) is 34.9 Å². The highest BCUT2D eigenvalue weighted by atomic mass is 35.5. The largest absolute Gasteiger partial charge is 0.350 e. The third-order valence-corrected chi connectivity index (χ3v) is 5.20. The first kappa shape index (κ1) is 17.2. The van der Waals surface area contributed by atoms with Crippen LogP contribution in [-0.2, 0) is 6.54 Å². The molecule has 1 saturated carbocycles. The molecule has 6 heteroatoms. The van der Waals surface area contributed by atoms with Crippen molar-refractivity contribution in [3.05, 3.63) is 46.6 Å². The summed E-state index contributed by atoms with van der Waals surface area (Å²) in [7, 11) is 0. The number of rotatable bonds is 4. The van der Waals surface area contributed by atoms with Crippen molar-refractivity contribution in [2.45, 2.75) is 44.6 Å². The van der Waals surface area contributed by atoms with Crippen LogP contribution in [0, 0.1) is 5.92 Å². The molecule has 130 valence electrons. The van der Waals surface area contributed by atoms with E-state index in [0.717, 1.165) is 44.0 Å². The van der Waals surface area contributed by atoms with Gasteiger partial charge in [-0.25, -0.2) is 14.0 Å². The number of aromatic nitrogens is 3. The van der Waals surface area contributed by atoms with E-state index < -0.39 is 0 Å². The van der Waals surface area contributed by atoms with E-state index in [4.69, 9.17) is 5.10 Å². The summed E-state index contributed by atoms with van der Waals surface area (Å²) < 4.78 is 3.54. The van der Waals surface area contributed by atoms with Crippen LogP contribution in [0.2, 0.25) is 0 Å². The van der Waals surface area contributed by atoms with Gasteiger partial charge in [0.25, 0.3) is 0 Å². The molecule has 1 N–H and O–H groups in total. The average molecular weight is 349 g/mol. The minimum atomic E-state index is 0. The molecule has 1 aromatic carbocycles. The van der Waals surface area contributed by atoms with Gasteiger partial charge in [-0.15, -0.1) is 12.4 Å². The van der Waals surface area contributed by atoms with E-state index in [0.29, 0.717) is 11.8 Å². The predicted molar refractivity (Wildman–Crippen MR) is 97.3 cm³/mol. The molecule has 1 atom stereocenters. The summed E-state index contributed by atoms with van der Waals surface area (Å²) in [4.78, 5) is 13.0. The quantitative estimate of drug-likeness (QED) is 0.924. The zero-order valence-electron chi connectivity index (χ0n) is 13.9. The van der Waals surface area contributed by atoms with E-state index in [-0.39, 0.29) is 18.1 Å². The number of para-hydroxylation sites is 1. The molecule has 2 aromatic rings. The monoisotopic (exact) mass is 348 g/mol. The second-order valence-electron chi connectivity index (χ2n) is 6.83. The molecule has 1 aliphatic heterocycles. The van der Waals surface area contributed by atoms with Crippen molar-refractivity contribution in [2.75, 3.05) is 13.1 Å². The van der Waals surface area contributed by atoms with Crippen LogP contribution in [0.25, 0.3) is 5.69 Å². The number of benzene rings is 1. The topological polar surface area (TPSA) is 51.9 Å². The second-order valence-corrected chi connectivity index (χ2v) is 6.83. The van der Waals surface area contributed by atoms with Gasteiger partial charge in [-0.2, -0.15) is 5.10 Å². The summed E-state index contributed by atoms with van der Waals surface area (Å²) in [6.07, 6.45) is 5.98. The van der Waals surface area contributed by atoms with Crippen molar-refractivity contribution in [2.24, 2.45) is 5.92 Å². The zero-order valence-corrected chi connectivity index (χ0v) is 14.7. The highest BCUT2D eigenvalue weighted by molar-refractivity contribution is 5.85. The molecule has 2 heterocycles. The van der Waals surface area contributed by atoms with Gasteiger partial charge in [0.1, 0.15) is 5.82 Å². The van der Waals surface area contributed by atoms with Crippen LogP contribution in [0.15, 0.2) is 35.1 Å². The molecule has 24 heavy (non-hydrogen) atoms. The molecule has 4 rings (SSSR count). The van der Waals surface area contributed by atoms with Gasteiger partial charge < -0.3 is 5.32 Å². The third-order valence-electron chi connectivity index (χ3n) is 5.20. The zero-order chi connectivity index (χ0) is 15.6. The second kappa shape index (κ2) is 7.53. The van der Waals surface area contributed by atoms with Crippen molar-refractivity contribution in [3.8, 4) is 5.69 Å². The van der Waals surface area contributed by atoms with Gasteiger partial charge in [-0.3, -0.25) is 0 Å². The lowest BCUT2D eigenvalue weighted by Gasteiger charge is -2.24. The summed E-state index contributed by atoms with van der Waals surface area (Å²) in [5.41, 5.74) is 0.946. The molecule has 0 bridgehead atoms. The maximum absolute atomic E-state index is 13.0. The first-order valence-corrected chi connectivity index (χ1v) is 8.79. The Labute approximate surface area is 148 Å². The molecular formula is C18H25ClN4O. The number of piperidine rings is 1. The Hall–Kier alpha value is -1.59. The van der Waals surface area contributed by atoms with Gasteiger partial charge in [0, 0.05) is 19.0 Å². The highest BCUT2D eigenvalue weighted by Gasteiger charge is 2.26. The van der Waals surface area contributed by atoms with Gasteiger partial charge in [0.05, 0.1) is 5.69 Å². The van der Waals surface area contributed by atoms with E-state index in [1.165, 1.54) is 19.3 Å². The lowest BCUT2D eigenvalue weighted by atomic mass is 9.85. The summed E-state index contributed by atoms with van der Waals surface area (Å²) in [5.74, 6) is 1.87. The lowest BCUT2D eigenvalue weighted by Crippen LogP contribution is -2.31. The van der Waals surface area contributed by atoms with Crippen molar-refractivity contribution < 1.29 is 0 Å². The minimum Gasteiger partial charge on any atom is -0.316 e. The van der Waals surface area contributed by atoms with Crippen molar-refractivity contribution >= 4 is 12.4 Å². The SMILES string of the molecule is Cl.O=c1n(CC2CCC2)nc(C2CCCNC2)n1-c1ccccc1. The maximum Gasteiger partial charge on any atom is 0.350 e. The molecule has 1 unspecified atom stereocenters. The highest BCUT2D eigenvalue weighted by Crippen LogP contribution is 2.28. The fraction of sp³-hybridized carbons (Fsp3) is 0.556. The van der Waals surface area contributed by atoms with Gasteiger partial charge in [-0.05, 0) is 50.3 Å². The normalized spacial score (nSPS) is 21.1. The summed E-state index contributed by atoms with van der Waals surface area (Å²) in [6.45, 7) is 2.74. The number of nitrogens with one attached hydrogen (secondary N) is 1. The van der Waals surface area contributed by atoms with Crippen LogP contribution in [0.3, 0.4) is 0 Å². The average Bonchev–Trinajstić information content (AvgIpc) is 2.89. The van der Waals surface area contributed by atoms with E-state index in [2.05, 4.69) is 5.32 Å². The number of hydrogen-bond donors (Lipinski definition) is 1. The predicted octanol–water partition coefficient (Wildman–Crippen LogP) is 2.72. The summed E-state index contributed by atoms with van der Waals surface area (Å²) in [5, 5.41) is 8.20. The summed E-state index contributed by atoms with van der Waals surface area (Å²) >= 11 is 0. The number of nitrogens with zero attached hydrogens (tertiary/aromatic N) is 3. The van der Waals surface area contributed by atoms with E-state index in [1.54, 1.807) is 4.68 Å². The first-order chi connectivity index (χ1) is 11.3. The van der Waals surface area contributed by atoms with Crippen LogP contribution >= 0.6 is 12.4 Å². The Morgan fingerprint density at radius 1 is 1.12 bits per heavy atom. The summed E-state index contributed by atoms with van der Waals surface area (Å²) in [6, 6.07) is 9.93. The fourth-order valence-electron chi connectivity index (χ4n) is 3.62. The first-order valence-electron chi connectivity index (χ1n) is 8.79. The molecule has 5 nitrogen and oxygen atoms in total. The Balaban J connectivity index is 0.00000169. The molecular weight excluding hydrogens is 324 g/mol. The van der Waals surface area contributed by atoms with E-state index in [9.17, 15) is 4.79 Å². The van der Waals surface area contributed by atoms with E-state index >= 15 is 0 Å². The van der Waals surface area contributed by atoms with Gasteiger partial charge >= 0.3 is 5.69 Å². The maximum atomic E-state index is 13.0. The molecule has 1 saturated heterocycles. The number of hydrogen-bond acceptors (Lipinski definition) is 3. The van der Waals surface area contributed by atoms with Gasteiger partial charge in [0.15, 0.2) is 0 Å². The van der Waals surface area contributed by atoms with Crippen LogP contribution < -0.4 is 11.0 Å². The Kier molecular flexibility index (Phi) is 5.41. The molecule has 1 aliphatic carbocycles. The lowest BCUT2D eigenvalue weighted by molar-refractivity contribution is 0.262. The van der Waals surface area contributed by atoms with Crippen molar-refractivity contribution in [1.82, 2.24) is 19.7 Å². The molecule has 1 aromatic heterocycles. The Bertz CT molecular complexity index is 714. The van der Waals surface area contributed by atoms with Crippen molar-refractivity contribution in [3.63, 3.8) is 0 Å². The molecule has 0 spiro atoms. The Morgan fingerprint density at radius 2 is 1.92 bits per heavy atom. The molecule has 2 fully saturated rings. The third kappa shape index (κ3) is 3.28. The van der Waals surface area contributed by atoms with Crippen LogP contribution in [-0.4, -0.2) is 27.4 Å². The van der Waals surface area contributed by atoms with Crippen LogP contribution in [0.1, 0.15) is 43.8 Å². The molecule has 0 radical (unpaired) electrons. The molecule has 0 amide bonds.